The van der Waals surface area contributed by atoms with Crippen LogP contribution in [0.2, 0.25) is 0 Å². The van der Waals surface area contributed by atoms with Gasteiger partial charge in [0.25, 0.3) is 5.91 Å². The van der Waals surface area contributed by atoms with Crippen LogP contribution in [-0.2, 0) is 16.1 Å². The first-order chi connectivity index (χ1) is 14.5. The number of hydrogen-bond donors (Lipinski definition) is 1. The van der Waals surface area contributed by atoms with E-state index in [0.717, 1.165) is 17.5 Å². The molecule has 162 valence electrons. The van der Waals surface area contributed by atoms with Crippen LogP contribution in [0.1, 0.15) is 37.8 Å². The van der Waals surface area contributed by atoms with Crippen LogP contribution in [0.3, 0.4) is 0 Å². The number of amides is 2. The Morgan fingerprint density at radius 3 is 2.53 bits per heavy atom. The van der Waals surface area contributed by atoms with Gasteiger partial charge in [-0.1, -0.05) is 44.2 Å². The number of hydrogen-bond acceptors (Lipinski definition) is 4. The molecule has 0 saturated carbocycles. The van der Waals surface area contributed by atoms with Crippen LogP contribution in [0.15, 0.2) is 48.5 Å². The Kier molecular flexibility index (Phi) is 9.19. The van der Waals surface area contributed by atoms with Gasteiger partial charge in [0.1, 0.15) is 17.5 Å². The SMILES string of the molecule is CCCNC(=O)[C@@H](CC)N(Cc1cccc(OC)c1)C(=O)COc1ccccc1C. The van der Waals surface area contributed by atoms with E-state index >= 15 is 0 Å². The molecule has 2 aromatic rings. The van der Waals surface area contributed by atoms with Crippen molar-refractivity contribution in [3.63, 3.8) is 0 Å². The Labute approximate surface area is 179 Å². The molecule has 2 amide bonds. The van der Waals surface area contributed by atoms with Crippen LogP contribution in [-0.4, -0.2) is 43.0 Å². The molecule has 1 N–H and O–H groups in total. The number of carbonyl (C=O) groups excluding carboxylic acids is 2. The minimum atomic E-state index is -0.573. The Balaban J connectivity index is 2.22. The zero-order chi connectivity index (χ0) is 21.9. The lowest BCUT2D eigenvalue weighted by Crippen LogP contribution is -2.50. The monoisotopic (exact) mass is 412 g/mol. The van der Waals surface area contributed by atoms with Crippen molar-refractivity contribution in [2.45, 2.75) is 46.2 Å². The van der Waals surface area contributed by atoms with Gasteiger partial charge in [0.15, 0.2) is 6.61 Å². The predicted octanol–water partition coefficient (Wildman–Crippen LogP) is 3.72. The summed E-state index contributed by atoms with van der Waals surface area (Å²) in [4.78, 5) is 27.5. The van der Waals surface area contributed by atoms with Crippen molar-refractivity contribution in [2.24, 2.45) is 0 Å². The van der Waals surface area contributed by atoms with Crippen LogP contribution >= 0.6 is 0 Å². The van der Waals surface area contributed by atoms with E-state index in [1.165, 1.54) is 0 Å². The van der Waals surface area contributed by atoms with E-state index in [-0.39, 0.29) is 18.4 Å². The lowest BCUT2D eigenvalue weighted by atomic mass is 10.1. The van der Waals surface area contributed by atoms with Gasteiger partial charge in [-0.3, -0.25) is 9.59 Å². The van der Waals surface area contributed by atoms with Crippen molar-refractivity contribution < 1.29 is 19.1 Å². The number of nitrogens with one attached hydrogen (secondary N) is 1. The highest BCUT2D eigenvalue weighted by molar-refractivity contribution is 5.88. The van der Waals surface area contributed by atoms with E-state index in [1.807, 2.05) is 69.3 Å². The first-order valence-corrected chi connectivity index (χ1v) is 10.4. The van der Waals surface area contributed by atoms with E-state index in [9.17, 15) is 9.59 Å². The summed E-state index contributed by atoms with van der Waals surface area (Å²) in [7, 11) is 1.60. The molecule has 30 heavy (non-hydrogen) atoms. The summed E-state index contributed by atoms with van der Waals surface area (Å²) < 4.78 is 11.1. The minimum absolute atomic E-state index is 0.133. The number of para-hydroxylation sites is 1. The zero-order valence-electron chi connectivity index (χ0n) is 18.3. The number of methoxy groups -OCH3 is 1. The van der Waals surface area contributed by atoms with Gasteiger partial charge in [-0.25, -0.2) is 0 Å². The lowest BCUT2D eigenvalue weighted by molar-refractivity contribution is -0.143. The fraction of sp³-hybridized carbons (Fsp3) is 0.417. The van der Waals surface area contributed by atoms with Crippen molar-refractivity contribution in [3.8, 4) is 11.5 Å². The average Bonchev–Trinajstić information content (AvgIpc) is 2.76. The number of nitrogens with zero attached hydrogens (tertiary/aromatic N) is 1. The number of ether oxygens (including phenoxy) is 2. The summed E-state index contributed by atoms with van der Waals surface area (Å²) in [5.74, 6) is 0.987. The van der Waals surface area contributed by atoms with Crippen LogP contribution in [0.4, 0.5) is 0 Å². The van der Waals surface area contributed by atoms with E-state index in [4.69, 9.17) is 9.47 Å². The van der Waals surface area contributed by atoms with Crippen LogP contribution in [0.25, 0.3) is 0 Å². The topological polar surface area (TPSA) is 67.9 Å². The number of aryl methyl sites for hydroxylation is 1. The van der Waals surface area contributed by atoms with E-state index in [1.54, 1.807) is 12.0 Å². The molecule has 0 aliphatic carbocycles. The quantitative estimate of drug-likeness (QED) is 0.611. The van der Waals surface area contributed by atoms with Crippen molar-refractivity contribution >= 4 is 11.8 Å². The maximum atomic E-state index is 13.2. The fourth-order valence-corrected chi connectivity index (χ4v) is 3.19. The van der Waals surface area contributed by atoms with Crippen LogP contribution in [0.5, 0.6) is 11.5 Å². The van der Waals surface area contributed by atoms with Gasteiger partial charge in [-0.15, -0.1) is 0 Å². The van der Waals surface area contributed by atoms with Gasteiger partial charge in [-0.2, -0.15) is 0 Å². The third kappa shape index (κ3) is 6.51. The molecule has 2 aromatic carbocycles. The van der Waals surface area contributed by atoms with E-state index in [0.29, 0.717) is 31.0 Å². The zero-order valence-corrected chi connectivity index (χ0v) is 18.3. The summed E-state index contributed by atoms with van der Waals surface area (Å²) in [6, 6.07) is 14.5. The molecule has 0 fully saturated rings. The number of carbonyl (C=O) groups is 2. The largest absolute Gasteiger partial charge is 0.497 e. The molecule has 1 atom stereocenters. The second kappa shape index (κ2) is 11.9. The highest BCUT2D eigenvalue weighted by Crippen LogP contribution is 2.19. The highest BCUT2D eigenvalue weighted by Gasteiger charge is 2.28. The second-order valence-electron chi connectivity index (χ2n) is 7.14. The first-order valence-electron chi connectivity index (χ1n) is 10.4. The Bertz CT molecular complexity index is 837. The Morgan fingerprint density at radius 1 is 1.10 bits per heavy atom. The van der Waals surface area contributed by atoms with Crippen molar-refractivity contribution in [1.29, 1.82) is 0 Å². The van der Waals surface area contributed by atoms with Crippen LogP contribution in [0, 0.1) is 6.92 Å². The first kappa shape index (κ1) is 23.3. The van der Waals surface area contributed by atoms with Gasteiger partial charge in [0.05, 0.1) is 7.11 Å². The van der Waals surface area contributed by atoms with E-state index < -0.39 is 6.04 Å². The van der Waals surface area contributed by atoms with Crippen LogP contribution < -0.4 is 14.8 Å². The van der Waals surface area contributed by atoms with Gasteiger partial charge in [0.2, 0.25) is 5.91 Å². The third-order valence-corrected chi connectivity index (χ3v) is 4.87. The fourth-order valence-electron chi connectivity index (χ4n) is 3.19. The second-order valence-corrected chi connectivity index (χ2v) is 7.14. The molecule has 0 radical (unpaired) electrons. The smallest absolute Gasteiger partial charge is 0.261 e. The molecule has 6 nitrogen and oxygen atoms in total. The molecule has 6 heteroatoms. The third-order valence-electron chi connectivity index (χ3n) is 4.87. The average molecular weight is 413 g/mol. The summed E-state index contributed by atoms with van der Waals surface area (Å²) in [5.41, 5.74) is 1.85. The standard InChI is InChI=1S/C24H32N2O4/c1-5-14-25-24(28)21(6-2)26(16-19-11-9-12-20(15-19)29-4)23(27)17-30-22-13-8-7-10-18(22)3/h7-13,15,21H,5-6,14,16-17H2,1-4H3,(H,25,28)/t21-/m1/s1. The summed E-state index contributed by atoms with van der Waals surface area (Å²) in [5, 5.41) is 2.91. The normalized spacial score (nSPS) is 11.5. The van der Waals surface area contributed by atoms with E-state index in [2.05, 4.69) is 5.32 Å². The molecular weight excluding hydrogens is 380 g/mol. The highest BCUT2D eigenvalue weighted by atomic mass is 16.5. The maximum Gasteiger partial charge on any atom is 0.261 e. The van der Waals surface area contributed by atoms with Gasteiger partial charge in [-0.05, 0) is 49.1 Å². The van der Waals surface area contributed by atoms with Gasteiger partial charge >= 0.3 is 0 Å². The minimum Gasteiger partial charge on any atom is -0.497 e. The summed E-state index contributed by atoms with van der Waals surface area (Å²) >= 11 is 0. The van der Waals surface area contributed by atoms with Crippen molar-refractivity contribution in [2.75, 3.05) is 20.3 Å². The molecule has 0 aromatic heterocycles. The molecule has 2 rings (SSSR count). The molecule has 0 unspecified atom stereocenters. The van der Waals surface area contributed by atoms with Crippen molar-refractivity contribution in [1.82, 2.24) is 10.2 Å². The van der Waals surface area contributed by atoms with Crippen molar-refractivity contribution in [3.05, 3.63) is 59.7 Å². The van der Waals surface area contributed by atoms with Gasteiger partial charge in [0, 0.05) is 13.1 Å². The molecule has 0 bridgehead atoms. The lowest BCUT2D eigenvalue weighted by Gasteiger charge is -2.30. The summed E-state index contributed by atoms with van der Waals surface area (Å²) in [6.45, 7) is 6.58. The Hall–Kier alpha value is -3.02. The number of rotatable bonds is 11. The molecular formula is C24H32N2O4. The predicted molar refractivity (Wildman–Crippen MR) is 118 cm³/mol. The molecule has 0 aliphatic heterocycles. The number of benzene rings is 2. The molecule has 0 saturated heterocycles. The summed E-state index contributed by atoms with van der Waals surface area (Å²) in [6.07, 6.45) is 1.35. The molecule has 0 spiro atoms. The molecule has 0 aliphatic rings. The van der Waals surface area contributed by atoms with Gasteiger partial charge < -0.3 is 19.7 Å². The maximum absolute atomic E-state index is 13.2. The Morgan fingerprint density at radius 2 is 1.87 bits per heavy atom. The molecule has 0 heterocycles.